The van der Waals surface area contributed by atoms with Crippen LogP contribution in [0.25, 0.3) is 11.1 Å². The third-order valence-corrected chi connectivity index (χ3v) is 1.94. The summed E-state index contributed by atoms with van der Waals surface area (Å²) in [7, 11) is 0. The average Bonchev–Trinajstić information content (AvgIpc) is 2.20. The van der Waals surface area contributed by atoms with Gasteiger partial charge in [0.25, 0.3) is 0 Å². The molecule has 2 aromatic rings. The van der Waals surface area contributed by atoms with Crippen molar-refractivity contribution in [3.63, 3.8) is 0 Å². The third kappa shape index (κ3) is 1.50. The van der Waals surface area contributed by atoms with E-state index in [4.69, 9.17) is 10.8 Å². The van der Waals surface area contributed by atoms with Crippen molar-refractivity contribution in [1.29, 1.82) is 0 Å². The minimum atomic E-state index is 0.231. The number of hydrogen-bond donors (Lipinski definition) is 2. The van der Waals surface area contributed by atoms with E-state index in [9.17, 15) is 0 Å². The fourth-order valence-electron chi connectivity index (χ4n) is 1.21. The minimum absolute atomic E-state index is 0.231. The van der Waals surface area contributed by atoms with Gasteiger partial charge in [-0.05, 0) is 17.7 Å². The van der Waals surface area contributed by atoms with Crippen molar-refractivity contribution in [2.45, 2.75) is 0 Å². The molecule has 70 valence electrons. The Hall–Kier alpha value is -2.10. The van der Waals surface area contributed by atoms with Gasteiger partial charge in [0, 0.05) is 5.56 Å². The van der Waals surface area contributed by atoms with Crippen LogP contribution in [-0.4, -0.2) is 15.3 Å². The van der Waals surface area contributed by atoms with E-state index >= 15 is 0 Å². The first-order valence-electron chi connectivity index (χ1n) is 4.13. The van der Waals surface area contributed by atoms with Crippen molar-refractivity contribution >= 4 is 5.69 Å². The second-order valence-corrected chi connectivity index (χ2v) is 2.91. The maximum Gasteiger partial charge on any atom is 0.115 e. The standard InChI is InChI=1S/C10H9N3O/c11-10-6-13-12-5-9(10)7-1-3-8(14)4-2-7/h1-6,14H,(H2,11,12). The molecule has 2 rings (SSSR count). The van der Waals surface area contributed by atoms with Crippen molar-refractivity contribution in [1.82, 2.24) is 10.2 Å². The summed E-state index contributed by atoms with van der Waals surface area (Å²) in [5, 5.41) is 16.5. The summed E-state index contributed by atoms with van der Waals surface area (Å²) >= 11 is 0. The third-order valence-electron chi connectivity index (χ3n) is 1.94. The highest BCUT2D eigenvalue weighted by atomic mass is 16.3. The Kier molecular flexibility index (Phi) is 2.02. The zero-order chi connectivity index (χ0) is 9.97. The van der Waals surface area contributed by atoms with E-state index in [2.05, 4.69) is 10.2 Å². The average molecular weight is 187 g/mol. The molecule has 14 heavy (non-hydrogen) atoms. The highest BCUT2D eigenvalue weighted by molar-refractivity contribution is 5.74. The fourth-order valence-corrected chi connectivity index (χ4v) is 1.21. The number of anilines is 1. The van der Waals surface area contributed by atoms with Gasteiger partial charge in [0.05, 0.1) is 18.1 Å². The van der Waals surface area contributed by atoms with Gasteiger partial charge in [0.15, 0.2) is 0 Å². The van der Waals surface area contributed by atoms with Crippen LogP contribution in [0.15, 0.2) is 36.7 Å². The van der Waals surface area contributed by atoms with E-state index in [1.54, 1.807) is 30.5 Å². The van der Waals surface area contributed by atoms with E-state index in [0.717, 1.165) is 11.1 Å². The molecule has 0 fully saturated rings. The molecule has 0 saturated heterocycles. The lowest BCUT2D eigenvalue weighted by Gasteiger charge is -2.03. The van der Waals surface area contributed by atoms with Crippen LogP contribution in [0.3, 0.4) is 0 Å². The number of phenolic OH excluding ortho intramolecular Hbond substituents is 1. The molecule has 0 saturated carbocycles. The molecule has 0 aliphatic heterocycles. The predicted octanol–water partition coefficient (Wildman–Crippen LogP) is 1.43. The molecule has 0 bridgehead atoms. The number of aromatic nitrogens is 2. The maximum absolute atomic E-state index is 9.11. The highest BCUT2D eigenvalue weighted by Gasteiger charge is 2.01. The topological polar surface area (TPSA) is 72.0 Å². The van der Waals surface area contributed by atoms with Crippen LogP contribution >= 0.6 is 0 Å². The Balaban J connectivity index is 2.50. The minimum Gasteiger partial charge on any atom is -0.508 e. The molecule has 4 nitrogen and oxygen atoms in total. The van der Waals surface area contributed by atoms with Crippen LogP contribution in [0.1, 0.15) is 0 Å². The van der Waals surface area contributed by atoms with Gasteiger partial charge in [-0.15, -0.1) is 0 Å². The fraction of sp³-hybridized carbons (Fsp3) is 0. The summed E-state index contributed by atoms with van der Waals surface area (Å²) in [4.78, 5) is 0. The number of rotatable bonds is 1. The molecule has 1 aromatic heterocycles. The van der Waals surface area contributed by atoms with Crippen molar-refractivity contribution in [3.8, 4) is 16.9 Å². The van der Waals surface area contributed by atoms with Crippen molar-refractivity contribution < 1.29 is 5.11 Å². The summed E-state index contributed by atoms with van der Waals surface area (Å²) in [6.07, 6.45) is 3.10. The van der Waals surface area contributed by atoms with Crippen molar-refractivity contribution in [3.05, 3.63) is 36.7 Å². The monoisotopic (exact) mass is 187 g/mol. The molecule has 0 amide bonds. The Morgan fingerprint density at radius 3 is 2.29 bits per heavy atom. The van der Waals surface area contributed by atoms with Crippen molar-refractivity contribution in [2.75, 3.05) is 5.73 Å². The summed E-state index contributed by atoms with van der Waals surface area (Å²) in [5.41, 5.74) is 8.03. The van der Waals surface area contributed by atoms with Gasteiger partial charge in [-0.25, -0.2) is 0 Å². The van der Waals surface area contributed by atoms with Gasteiger partial charge in [-0.1, -0.05) is 12.1 Å². The first-order chi connectivity index (χ1) is 6.77. The molecule has 3 N–H and O–H groups in total. The molecule has 1 aromatic carbocycles. The van der Waals surface area contributed by atoms with E-state index in [0.29, 0.717) is 5.69 Å². The van der Waals surface area contributed by atoms with Gasteiger partial charge < -0.3 is 10.8 Å². The number of nitrogens with two attached hydrogens (primary N) is 1. The SMILES string of the molecule is Nc1cnncc1-c1ccc(O)cc1. The van der Waals surface area contributed by atoms with E-state index in [1.807, 2.05) is 0 Å². The van der Waals surface area contributed by atoms with Crippen LogP contribution in [0.5, 0.6) is 5.75 Å². The molecular weight excluding hydrogens is 178 g/mol. The summed E-state index contributed by atoms with van der Waals surface area (Å²) < 4.78 is 0. The van der Waals surface area contributed by atoms with Crippen LogP contribution < -0.4 is 5.73 Å². The molecule has 0 unspecified atom stereocenters. The Morgan fingerprint density at radius 1 is 1.00 bits per heavy atom. The Bertz CT molecular complexity index is 439. The Morgan fingerprint density at radius 2 is 1.64 bits per heavy atom. The summed E-state index contributed by atoms with van der Waals surface area (Å²) in [6.45, 7) is 0. The van der Waals surface area contributed by atoms with E-state index < -0.39 is 0 Å². The van der Waals surface area contributed by atoms with Crippen LogP contribution in [0.4, 0.5) is 5.69 Å². The number of nitrogen functional groups attached to an aromatic ring is 1. The Labute approximate surface area is 81.0 Å². The summed E-state index contributed by atoms with van der Waals surface area (Å²) in [6, 6.07) is 6.77. The molecular formula is C10H9N3O. The molecule has 1 heterocycles. The number of benzene rings is 1. The normalized spacial score (nSPS) is 10.0. The number of hydrogen-bond acceptors (Lipinski definition) is 4. The van der Waals surface area contributed by atoms with Crippen LogP contribution in [0, 0.1) is 0 Å². The highest BCUT2D eigenvalue weighted by Crippen LogP contribution is 2.25. The lowest BCUT2D eigenvalue weighted by atomic mass is 10.1. The lowest BCUT2D eigenvalue weighted by Crippen LogP contribution is -1.92. The second-order valence-electron chi connectivity index (χ2n) is 2.91. The maximum atomic E-state index is 9.11. The van der Waals surface area contributed by atoms with Gasteiger partial charge in [-0.3, -0.25) is 0 Å². The molecule has 0 atom stereocenters. The second kappa shape index (κ2) is 3.33. The van der Waals surface area contributed by atoms with E-state index in [-0.39, 0.29) is 5.75 Å². The van der Waals surface area contributed by atoms with Gasteiger partial charge >= 0.3 is 0 Å². The molecule has 0 aliphatic carbocycles. The number of phenols is 1. The first kappa shape index (κ1) is 8.50. The quantitative estimate of drug-likeness (QED) is 0.708. The van der Waals surface area contributed by atoms with Crippen LogP contribution in [0.2, 0.25) is 0 Å². The first-order valence-corrected chi connectivity index (χ1v) is 4.13. The predicted molar refractivity (Wildman–Crippen MR) is 53.5 cm³/mol. The zero-order valence-corrected chi connectivity index (χ0v) is 7.38. The number of nitrogens with zero attached hydrogens (tertiary/aromatic N) is 2. The van der Waals surface area contributed by atoms with Gasteiger partial charge in [0.2, 0.25) is 0 Å². The lowest BCUT2D eigenvalue weighted by molar-refractivity contribution is 0.475. The summed E-state index contributed by atoms with van der Waals surface area (Å²) in [5.74, 6) is 0.231. The molecule has 0 radical (unpaired) electrons. The van der Waals surface area contributed by atoms with Crippen LogP contribution in [-0.2, 0) is 0 Å². The van der Waals surface area contributed by atoms with Crippen molar-refractivity contribution in [2.24, 2.45) is 0 Å². The van der Waals surface area contributed by atoms with Gasteiger partial charge in [-0.2, -0.15) is 10.2 Å². The molecule has 0 aliphatic rings. The van der Waals surface area contributed by atoms with E-state index in [1.165, 1.54) is 6.20 Å². The molecule has 0 spiro atoms. The largest absolute Gasteiger partial charge is 0.508 e. The zero-order valence-electron chi connectivity index (χ0n) is 7.38. The number of aromatic hydroxyl groups is 1. The van der Waals surface area contributed by atoms with Gasteiger partial charge in [0.1, 0.15) is 5.75 Å². The molecule has 4 heteroatoms. The smallest absolute Gasteiger partial charge is 0.115 e.